The Morgan fingerprint density at radius 3 is 2.39 bits per heavy atom. The van der Waals surface area contributed by atoms with Gasteiger partial charge >= 0.3 is 5.97 Å². The molecular formula is C30H30N2O4. The number of hydrogen-bond donors (Lipinski definition) is 0. The minimum absolute atomic E-state index is 0.00775. The lowest BCUT2D eigenvalue weighted by Crippen LogP contribution is -2.31. The van der Waals surface area contributed by atoms with Gasteiger partial charge in [-0.2, -0.15) is 0 Å². The highest BCUT2D eigenvalue weighted by atomic mass is 16.5. The SMILES string of the molecule is CCOC(=O)C=Cc1cn(CC(=O)N(C)CCc2ccccc2)c2ccc(Oc3ccccc3)cc12. The first-order valence-corrected chi connectivity index (χ1v) is 12.0. The Morgan fingerprint density at radius 1 is 0.944 bits per heavy atom. The summed E-state index contributed by atoms with van der Waals surface area (Å²) in [4.78, 5) is 26.7. The minimum atomic E-state index is -0.410. The van der Waals surface area contributed by atoms with Crippen LogP contribution < -0.4 is 4.74 Å². The van der Waals surface area contributed by atoms with Crippen molar-refractivity contribution in [3.05, 3.63) is 102 Å². The third-order valence-electron chi connectivity index (χ3n) is 5.86. The zero-order valence-corrected chi connectivity index (χ0v) is 20.6. The maximum Gasteiger partial charge on any atom is 0.330 e. The van der Waals surface area contributed by atoms with Gasteiger partial charge < -0.3 is 18.9 Å². The topological polar surface area (TPSA) is 60.8 Å². The molecule has 0 atom stereocenters. The largest absolute Gasteiger partial charge is 0.463 e. The van der Waals surface area contributed by atoms with Crippen LogP contribution in [0.2, 0.25) is 0 Å². The Balaban J connectivity index is 1.57. The van der Waals surface area contributed by atoms with Crippen molar-refractivity contribution >= 4 is 28.9 Å². The number of amides is 1. The van der Waals surface area contributed by atoms with Gasteiger partial charge in [-0.1, -0.05) is 48.5 Å². The molecule has 0 saturated carbocycles. The van der Waals surface area contributed by atoms with Crippen molar-refractivity contribution in [2.45, 2.75) is 19.9 Å². The molecule has 0 unspecified atom stereocenters. The molecule has 6 heteroatoms. The number of carbonyl (C=O) groups excluding carboxylic acids is 2. The number of fused-ring (bicyclic) bond motifs is 1. The minimum Gasteiger partial charge on any atom is -0.463 e. The summed E-state index contributed by atoms with van der Waals surface area (Å²) in [6.45, 7) is 2.90. The molecule has 0 fully saturated rings. The van der Waals surface area contributed by atoms with Gasteiger partial charge in [0.15, 0.2) is 0 Å². The van der Waals surface area contributed by atoms with Crippen LogP contribution >= 0.6 is 0 Å². The Bertz CT molecular complexity index is 1340. The molecule has 0 N–H and O–H groups in total. The van der Waals surface area contributed by atoms with Crippen molar-refractivity contribution < 1.29 is 19.1 Å². The van der Waals surface area contributed by atoms with Crippen molar-refractivity contribution in [2.75, 3.05) is 20.2 Å². The van der Waals surface area contributed by atoms with Crippen LogP contribution in [0.1, 0.15) is 18.1 Å². The molecule has 0 aliphatic carbocycles. The number of para-hydroxylation sites is 1. The third kappa shape index (κ3) is 6.42. The lowest BCUT2D eigenvalue weighted by atomic mass is 10.1. The second kappa shape index (κ2) is 11.9. The highest BCUT2D eigenvalue weighted by Crippen LogP contribution is 2.30. The normalized spacial score (nSPS) is 11.1. The van der Waals surface area contributed by atoms with E-state index < -0.39 is 5.97 Å². The van der Waals surface area contributed by atoms with Gasteiger partial charge in [-0.25, -0.2) is 4.79 Å². The fraction of sp³-hybridized carbons (Fsp3) is 0.200. The predicted octanol–water partition coefficient (Wildman–Crippen LogP) is 5.71. The molecule has 6 nitrogen and oxygen atoms in total. The zero-order valence-electron chi connectivity index (χ0n) is 20.6. The standard InChI is InChI=1S/C30H30N2O4/c1-3-35-30(34)17-14-24-21-32(22-29(33)31(2)19-18-23-10-6-4-7-11-23)28-16-15-26(20-27(24)28)36-25-12-8-5-9-13-25/h4-17,20-21H,3,18-19,22H2,1-2H3. The van der Waals surface area contributed by atoms with Gasteiger partial charge in [0.25, 0.3) is 0 Å². The Morgan fingerprint density at radius 2 is 1.67 bits per heavy atom. The summed E-state index contributed by atoms with van der Waals surface area (Å²) >= 11 is 0. The summed E-state index contributed by atoms with van der Waals surface area (Å²) in [5.74, 6) is 0.999. The fourth-order valence-electron chi connectivity index (χ4n) is 3.94. The van der Waals surface area contributed by atoms with Gasteiger partial charge in [-0.05, 0) is 55.3 Å². The monoisotopic (exact) mass is 482 g/mol. The summed E-state index contributed by atoms with van der Waals surface area (Å²) in [5.41, 5.74) is 2.88. The summed E-state index contributed by atoms with van der Waals surface area (Å²) in [7, 11) is 1.82. The molecule has 184 valence electrons. The number of nitrogens with zero attached hydrogens (tertiary/aromatic N) is 2. The van der Waals surface area contributed by atoms with Crippen molar-refractivity contribution in [3.63, 3.8) is 0 Å². The van der Waals surface area contributed by atoms with Crippen LogP contribution in [0.3, 0.4) is 0 Å². The maximum atomic E-state index is 13.0. The van der Waals surface area contributed by atoms with E-state index in [1.165, 1.54) is 11.6 Å². The Hall–Kier alpha value is -4.32. The van der Waals surface area contributed by atoms with Crippen LogP contribution in [0, 0.1) is 0 Å². The van der Waals surface area contributed by atoms with Crippen molar-refractivity contribution in [3.8, 4) is 11.5 Å². The first-order valence-electron chi connectivity index (χ1n) is 12.0. The Labute approximate surface area is 211 Å². The summed E-state index contributed by atoms with van der Waals surface area (Å²) < 4.78 is 12.9. The van der Waals surface area contributed by atoms with E-state index in [0.29, 0.717) is 18.9 Å². The summed E-state index contributed by atoms with van der Waals surface area (Å²) in [5, 5.41) is 0.878. The van der Waals surface area contributed by atoms with Crippen LogP contribution in [0.4, 0.5) is 0 Å². The molecule has 0 aliphatic heterocycles. The van der Waals surface area contributed by atoms with E-state index in [0.717, 1.165) is 28.6 Å². The predicted molar refractivity (Wildman–Crippen MR) is 142 cm³/mol. The van der Waals surface area contributed by atoms with Crippen LogP contribution in [-0.4, -0.2) is 41.5 Å². The smallest absolute Gasteiger partial charge is 0.330 e. The molecule has 36 heavy (non-hydrogen) atoms. The fourth-order valence-corrected chi connectivity index (χ4v) is 3.94. The van der Waals surface area contributed by atoms with E-state index in [9.17, 15) is 9.59 Å². The second-order valence-corrected chi connectivity index (χ2v) is 8.44. The van der Waals surface area contributed by atoms with E-state index >= 15 is 0 Å². The van der Waals surface area contributed by atoms with E-state index in [1.54, 1.807) is 17.9 Å². The van der Waals surface area contributed by atoms with Crippen LogP contribution in [0.15, 0.2) is 91.1 Å². The molecule has 3 aromatic carbocycles. The zero-order chi connectivity index (χ0) is 25.3. The highest BCUT2D eigenvalue weighted by Gasteiger charge is 2.15. The summed E-state index contributed by atoms with van der Waals surface area (Å²) in [6.07, 6.45) is 5.80. The van der Waals surface area contributed by atoms with E-state index in [1.807, 2.05) is 84.5 Å². The number of carbonyl (C=O) groups is 2. The van der Waals surface area contributed by atoms with Crippen molar-refractivity contribution in [2.24, 2.45) is 0 Å². The number of esters is 1. The van der Waals surface area contributed by atoms with Crippen LogP contribution in [0.5, 0.6) is 11.5 Å². The molecule has 0 radical (unpaired) electrons. The lowest BCUT2D eigenvalue weighted by molar-refractivity contribution is -0.137. The first-order chi connectivity index (χ1) is 17.5. The lowest BCUT2D eigenvalue weighted by Gasteiger charge is -2.18. The number of rotatable bonds is 10. The average molecular weight is 483 g/mol. The number of hydrogen-bond acceptors (Lipinski definition) is 4. The van der Waals surface area contributed by atoms with Gasteiger partial charge in [0.1, 0.15) is 18.0 Å². The molecule has 1 amide bonds. The number of likely N-dealkylation sites (N-methyl/N-ethyl adjacent to an activating group) is 1. The molecule has 1 heterocycles. The molecule has 0 bridgehead atoms. The maximum absolute atomic E-state index is 13.0. The molecule has 0 saturated heterocycles. The first kappa shape index (κ1) is 24.8. The van der Waals surface area contributed by atoms with E-state index in [2.05, 4.69) is 12.1 Å². The molecule has 1 aromatic heterocycles. The molecule has 0 aliphatic rings. The number of ether oxygens (including phenoxy) is 2. The van der Waals surface area contributed by atoms with Gasteiger partial charge in [0, 0.05) is 42.3 Å². The van der Waals surface area contributed by atoms with Gasteiger partial charge in [0.05, 0.1) is 6.61 Å². The second-order valence-electron chi connectivity index (χ2n) is 8.44. The summed E-state index contributed by atoms with van der Waals surface area (Å²) in [6, 6.07) is 25.4. The average Bonchev–Trinajstić information content (AvgIpc) is 3.23. The van der Waals surface area contributed by atoms with Crippen molar-refractivity contribution in [1.82, 2.24) is 9.47 Å². The van der Waals surface area contributed by atoms with Gasteiger partial charge in [0.2, 0.25) is 5.91 Å². The molecule has 0 spiro atoms. The van der Waals surface area contributed by atoms with E-state index in [4.69, 9.17) is 9.47 Å². The van der Waals surface area contributed by atoms with Crippen LogP contribution in [-0.2, 0) is 27.3 Å². The quantitative estimate of drug-likeness (QED) is 0.215. The van der Waals surface area contributed by atoms with Crippen LogP contribution in [0.25, 0.3) is 17.0 Å². The molecule has 4 rings (SSSR count). The van der Waals surface area contributed by atoms with E-state index in [-0.39, 0.29) is 12.5 Å². The molecular weight excluding hydrogens is 452 g/mol. The molecule has 4 aromatic rings. The highest BCUT2D eigenvalue weighted by molar-refractivity contribution is 5.95. The van der Waals surface area contributed by atoms with Crippen molar-refractivity contribution in [1.29, 1.82) is 0 Å². The number of benzene rings is 3. The Kier molecular flexibility index (Phi) is 8.19. The van der Waals surface area contributed by atoms with Gasteiger partial charge in [-0.15, -0.1) is 0 Å². The number of aromatic nitrogens is 1. The third-order valence-corrected chi connectivity index (χ3v) is 5.86. The van der Waals surface area contributed by atoms with Gasteiger partial charge in [-0.3, -0.25) is 4.79 Å².